The van der Waals surface area contributed by atoms with E-state index in [4.69, 9.17) is 16.3 Å². The summed E-state index contributed by atoms with van der Waals surface area (Å²) in [6, 6.07) is 9.98. The number of nitrogens with zero attached hydrogens (tertiary/aromatic N) is 1. The fraction of sp³-hybridized carbons (Fsp3) is 0.0714. The predicted octanol–water partition coefficient (Wildman–Crippen LogP) is 3.54. The van der Waals surface area contributed by atoms with E-state index >= 15 is 0 Å². The van der Waals surface area contributed by atoms with E-state index in [2.05, 4.69) is 20.9 Å². The first-order valence-electron chi connectivity index (χ1n) is 5.65. The normalized spacial score (nSPS) is 10.1. The highest BCUT2D eigenvalue weighted by atomic mass is 79.9. The standard InChI is InChI=1S/C14H9BrClNO3/c15-11-6-2-1-4-9(11)12(18)8-20-14(19)10-5-3-7-17-13(10)16/h1-7H,8H2. The molecule has 0 N–H and O–H groups in total. The molecule has 102 valence electrons. The lowest BCUT2D eigenvalue weighted by Crippen LogP contribution is -2.15. The van der Waals surface area contributed by atoms with Crippen LogP contribution in [0.1, 0.15) is 20.7 Å². The maximum absolute atomic E-state index is 11.9. The molecule has 1 heterocycles. The van der Waals surface area contributed by atoms with E-state index in [9.17, 15) is 9.59 Å². The lowest BCUT2D eigenvalue weighted by atomic mass is 10.1. The largest absolute Gasteiger partial charge is 0.454 e. The van der Waals surface area contributed by atoms with E-state index in [0.29, 0.717) is 10.0 Å². The highest BCUT2D eigenvalue weighted by Crippen LogP contribution is 2.17. The summed E-state index contributed by atoms with van der Waals surface area (Å²) in [5.74, 6) is -0.977. The molecule has 0 atom stereocenters. The summed E-state index contributed by atoms with van der Waals surface area (Å²) in [7, 11) is 0. The molecule has 0 aliphatic heterocycles. The molecule has 2 rings (SSSR count). The van der Waals surface area contributed by atoms with Gasteiger partial charge in [0.25, 0.3) is 0 Å². The molecule has 0 saturated carbocycles. The van der Waals surface area contributed by atoms with Crippen LogP contribution in [0.25, 0.3) is 0 Å². The predicted molar refractivity (Wildman–Crippen MR) is 78.0 cm³/mol. The van der Waals surface area contributed by atoms with Gasteiger partial charge in [0, 0.05) is 16.2 Å². The number of hydrogen-bond acceptors (Lipinski definition) is 4. The second kappa shape index (κ2) is 6.63. The second-order valence-corrected chi connectivity index (χ2v) is 5.03. The highest BCUT2D eigenvalue weighted by molar-refractivity contribution is 9.10. The summed E-state index contributed by atoms with van der Waals surface area (Å²) in [5, 5.41) is 0.0471. The number of carbonyl (C=O) groups excluding carboxylic acids is 2. The highest BCUT2D eigenvalue weighted by Gasteiger charge is 2.16. The summed E-state index contributed by atoms with van der Waals surface area (Å²) in [6.07, 6.45) is 1.46. The van der Waals surface area contributed by atoms with Crippen molar-refractivity contribution in [3.8, 4) is 0 Å². The summed E-state index contributed by atoms with van der Waals surface area (Å²) < 4.78 is 5.60. The average Bonchev–Trinajstić information content (AvgIpc) is 2.45. The van der Waals surface area contributed by atoms with Gasteiger partial charge in [0.15, 0.2) is 6.61 Å². The third-order valence-electron chi connectivity index (χ3n) is 2.49. The molecular formula is C14H9BrClNO3. The maximum Gasteiger partial charge on any atom is 0.341 e. The molecule has 0 amide bonds. The Hall–Kier alpha value is -1.72. The van der Waals surface area contributed by atoms with Crippen molar-refractivity contribution in [2.45, 2.75) is 0 Å². The SMILES string of the molecule is O=C(COC(=O)c1cccnc1Cl)c1ccccc1Br. The van der Waals surface area contributed by atoms with Gasteiger partial charge in [-0.05, 0) is 18.2 Å². The molecule has 0 aliphatic carbocycles. The lowest BCUT2D eigenvalue weighted by molar-refractivity contribution is 0.0474. The van der Waals surface area contributed by atoms with Gasteiger partial charge in [-0.2, -0.15) is 0 Å². The molecule has 2 aromatic rings. The second-order valence-electron chi connectivity index (χ2n) is 3.82. The van der Waals surface area contributed by atoms with E-state index in [-0.39, 0.29) is 23.1 Å². The average molecular weight is 355 g/mol. The number of hydrogen-bond donors (Lipinski definition) is 0. The van der Waals surface area contributed by atoms with E-state index in [0.717, 1.165) is 0 Å². The van der Waals surface area contributed by atoms with Crippen LogP contribution in [0.3, 0.4) is 0 Å². The van der Waals surface area contributed by atoms with Crippen molar-refractivity contribution < 1.29 is 14.3 Å². The molecule has 0 spiro atoms. The van der Waals surface area contributed by atoms with Crippen LogP contribution in [-0.2, 0) is 4.74 Å². The van der Waals surface area contributed by atoms with Crippen molar-refractivity contribution in [1.82, 2.24) is 4.98 Å². The number of aromatic nitrogens is 1. The number of esters is 1. The molecule has 0 bridgehead atoms. The molecule has 0 fully saturated rings. The van der Waals surface area contributed by atoms with Crippen LogP contribution >= 0.6 is 27.5 Å². The Morgan fingerprint density at radius 2 is 1.85 bits per heavy atom. The molecule has 0 unspecified atom stereocenters. The van der Waals surface area contributed by atoms with Crippen molar-refractivity contribution in [3.05, 3.63) is 63.3 Å². The Bertz CT molecular complexity index is 603. The van der Waals surface area contributed by atoms with Gasteiger partial charge >= 0.3 is 5.97 Å². The van der Waals surface area contributed by atoms with Crippen molar-refractivity contribution in [2.75, 3.05) is 6.61 Å². The molecule has 20 heavy (non-hydrogen) atoms. The van der Waals surface area contributed by atoms with Crippen LogP contribution in [-0.4, -0.2) is 23.3 Å². The summed E-state index contributed by atoms with van der Waals surface area (Å²) in [5.41, 5.74) is 0.590. The van der Waals surface area contributed by atoms with Gasteiger partial charge in [-0.15, -0.1) is 0 Å². The fourth-order valence-electron chi connectivity index (χ4n) is 1.51. The monoisotopic (exact) mass is 353 g/mol. The van der Waals surface area contributed by atoms with Crippen molar-refractivity contribution in [2.24, 2.45) is 0 Å². The van der Waals surface area contributed by atoms with E-state index in [1.165, 1.54) is 12.3 Å². The Morgan fingerprint density at radius 1 is 1.15 bits per heavy atom. The number of Topliss-reactive ketones (excluding diaryl/α,β-unsaturated/α-hetero) is 1. The van der Waals surface area contributed by atoms with E-state index in [1.807, 2.05) is 0 Å². The van der Waals surface area contributed by atoms with E-state index < -0.39 is 5.97 Å². The quantitative estimate of drug-likeness (QED) is 0.479. The van der Waals surface area contributed by atoms with Crippen LogP contribution in [0.2, 0.25) is 5.15 Å². The molecule has 6 heteroatoms. The minimum absolute atomic E-state index is 0.0471. The summed E-state index contributed by atoms with van der Waals surface area (Å²) >= 11 is 9.04. The number of ketones is 1. The number of ether oxygens (including phenoxy) is 1. The molecule has 4 nitrogen and oxygen atoms in total. The first-order valence-corrected chi connectivity index (χ1v) is 6.82. The van der Waals surface area contributed by atoms with Crippen LogP contribution in [0.5, 0.6) is 0 Å². The van der Waals surface area contributed by atoms with Gasteiger partial charge in [0.1, 0.15) is 5.15 Å². The number of benzene rings is 1. The van der Waals surface area contributed by atoms with Gasteiger partial charge in [-0.1, -0.05) is 45.7 Å². The topological polar surface area (TPSA) is 56.3 Å². The van der Waals surface area contributed by atoms with Crippen molar-refractivity contribution in [1.29, 1.82) is 0 Å². The van der Waals surface area contributed by atoms with Gasteiger partial charge in [-0.25, -0.2) is 9.78 Å². The molecule has 0 saturated heterocycles. The van der Waals surface area contributed by atoms with Gasteiger partial charge in [-0.3, -0.25) is 4.79 Å². The van der Waals surface area contributed by atoms with Crippen molar-refractivity contribution in [3.63, 3.8) is 0 Å². The molecule has 0 radical (unpaired) electrons. The Kier molecular flexibility index (Phi) is 4.87. The van der Waals surface area contributed by atoms with Crippen LogP contribution < -0.4 is 0 Å². The fourth-order valence-corrected chi connectivity index (χ4v) is 2.21. The first kappa shape index (κ1) is 14.7. The molecule has 1 aromatic heterocycles. The number of halogens is 2. The third-order valence-corrected chi connectivity index (χ3v) is 3.48. The Balaban J connectivity index is 2.03. The summed E-state index contributed by atoms with van der Waals surface area (Å²) in [6.45, 7) is -0.354. The Labute approximate surface area is 128 Å². The minimum Gasteiger partial charge on any atom is -0.454 e. The molecule has 1 aromatic carbocycles. The maximum atomic E-state index is 11.9. The Morgan fingerprint density at radius 3 is 2.55 bits per heavy atom. The summed E-state index contributed by atoms with van der Waals surface area (Å²) in [4.78, 5) is 27.5. The molecular weight excluding hydrogens is 346 g/mol. The van der Waals surface area contributed by atoms with Gasteiger partial charge < -0.3 is 4.74 Å². The van der Waals surface area contributed by atoms with Crippen LogP contribution in [0.15, 0.2) is 47.1 Å². The van der Waals surface area contributed by atoms with Crippen LogP contribution in [0, 0.1) is 0 Å². The van der Waals surface area contributed by atoms with Crippen molar-refractivity contribution >= 4 is 39.3 Å². The third kappa shape index (κ3) is 3.43. The molecule has 0 aliphatic rings. The zero-order valence-electron chi connectivity index (χ0n) is 10.2. The van der Waals surface area contributed by atoms with E-state index in [1.54, 1.807) is 30.3 Å². The van der Waals surface area contributed by atoms with Gasteiger partial charge in [0.05, 0.1) is 5.56 Å². The number of pyridine rings is 1. The smallest absolute Gasteiger partial charge is 0.341 e. The zero-order chi connectivity index (χ0) is 14.5. The van der Waals surface area contributed by atoms with Gasteiger partial charge in [0.2, 0.25) is 5.78 Å². The zero-order valence-corrected chi connectivity index (χ0v) is 12.5. The van der Waals surface area contributed by atoms with Crippen LogP contribution in [0.4, 0.5) is 0 Å². The lowest BCUT2D eigenvalue weighted by Gasteiger charge is -2.06. The minimum atomic E-state index is -0.677. The first-order chi connectivity index (χ1) is 9.59. The number of carbonyl (C=O) groups is 2. The number of rotatable bonds is 4.